The number of ether oxygens (including phenoxy) is 1. The third-order valence-electron chi connectivity index (χ3n) is 1.88. The van der Waals surface area contributed by atoms with Crippen molar-refractivity contribution in [3.8, 4) is 5.75 Å². The van der Waals surface area contributed by atoms with Crippen LogP contribution in [0.4, 0.5) is 0 Å². The molecule has 0 aliphatic carbocycles. The molecule has 1 rings (SSSR count). The van der Waals surface area contributed by atoms with E-state index in [1.807, 2.05) is 6.92 Å². The van der Waals surface area contributed by atoms with Gasteiger partial charge in [-0.1, -0.05) is 11.6 Å². The molecule has 0 aromatic heterocycles. The lowest BCUT2D eigenvalue weighted by molar-refractivity contribution is 0.101. The standard InChI is InChI=1S/C10H11ClO2/c1-6-4-10(13-3)9(11)5-8(6)7(2)12/h4-5H,1-3H3. The van der Waals surface area contributed by atoms with Crippen molar-refractivity contribution in [2.75, 3.05) is 7.11 Å². The third kappa shape index (κ3) is 2.01. The van der Waals surface area contributed by atoms with Gasteiger partial charge in [0.15, 0.2) is 5.78 Å². The summed E-state index contributed by atoms with van der Waals surface area (Å²) in [5.74, 6) is 0.617. The van der Waals surface area contributed by atoms with Crippen molar-refractivity contribution < 1.29 is 9.53 Å². The van der Waals surface area contributed by atoms with Crippen LogP contribution in [-0.2, 0) is 0 Å². The van der Waals surface area contributed by atoms with Gasteiger partial charge < -0.3 is 4.74 Å². The SMILES string of the molecule is COc1cc(C)c(C(C)=O)cc1Cl. The number of hydrogen-bond donors (Lipinski definition) is 0. The van der Waals surface area contributed by atoms with Gasteiger partial charge in [-0.25, -0.2) is 0 Å². The molecular weight excluding hydrogens is 188 g/mol. The Morgan fingerprint density at radius 1 is 1.46 bits per heavy atom. The average Bonchev–Trinajstić information content (AvgIpc) is 2.07. The van der Waals surface area contributed by atoms with Gasteiger partial charge in [-0.3, -0.25) is 4.79 Å². The van der Waals surface area contributed by atoms with Gasteiger partial charge in [0.2, 0.25) is 0 Å². The Labute approximate surface area is 82.5 Å². The molecule has 0 radical (unpaired) electrons. The van der Waals surface area contributed by atoms with Crippen LogP contribution < -0.4 is 4.74 Å². The Balaban J connectivity index is 3.28. The molecule has 0 atom stereocenters. The minimum Gasteiger partial charge on any atom is -0.495 e. The van der Waals surface area contributed by atoms with Crippen molar-refractivity contribution in [1.29, 1.82) is 0 Å². The summed E-state index contributed by atoms with van der Waals surface area (Å²) < 4.78 is 5.02. The van der Waals surface area contributed by atoms with Crippen molar-refractivity contribution in [2.24, 2.45) is 0 Å². The van der Waals surface area contributed by atoms with Crippen LogP contribution in [0, 0.1) is 6.92 Å². The molecule has 70 valence electrons. The van der Waals surface area contributed by atoms with Gasteiger partial charge in [-0.05, 0) is 31.5 Å². The van der Waals surface area contributed by atoms with Crippen LogP contribution in [0.3, 0.4) is 0 Å². The van der Waals surface area contributed by atoms with Crippen LogP contribution in [0.15, 0.2) is 12.1 Å². The number of rotatable bonds is 2. The van der Waals surface area contributed by atoms with Gasteiger partial charge in [0.05, 0.1) is 12.1 Å². The van der Waals surface area contributed by atoms with E-state index in [4.69, 9.17) is 16.3 Å². The highest BCUT2D eigenvalue weighted by atomic mass is 35.5. The summed E-state index contributed by atoms with van der Waals surface area (Å²) in [6.07, 6.45) is 0. The summed E-state index contributed by atoms with van der Waals surface area (Å²) >= 11 is 5.87. The van der Waals surface area contributed by atoms with Crippen LogP contribution in [0.1, 0.15) is 22.8 Å². The zero-order valence-corrected chi connectivity index (χ0v) is 8.61. The molecule has 0 heterocycles. The van der Waals surface area contributed by atoms with Crippen molar-refractivity contribution in [1.82, 2.24) is 0 Å². The average molecular weight is 199 g/mol. The van der Waals surface area contributed by atoms with Gasteiger partial charge in [-0.15, -0.1) is 0 Å². The fraction of sp³-hybridized carbons (Fsp3) is 0.300. The highest BCUT2D eigenvalue weighted by Gasteiger charge is 2.08. The number of benzene rings is 1. The van der Waals surface area contributed by atoms with Crippen molar-refractivity contribution in [2.45, 2.75) is 13.8 Å². The first-order valence-corrected chi connectivity index (χ1v) is 4.29. The molecule has 0 unspecified atom stereocenters. The summed E-state index contributed by atoms with van der Waals surface area (Å²) in [7, 11) is 1.55. The fourth-order valence-corrected chi connectivity index (χ4v) is 1.43. The lowest BCUT2D eigenvalue weighted by Gasteiger charge is -2.07. The molecule has 0 N–H and O–H groups in total. The number of ketones is 1. The molecule has 0 bridgehead atoms. The molecule has 0 saturated heterocycles. The smallest absolute Gasteiger partial charge is 0.160 e. The number of halogens is 1. The summed E-state index contributed by atoms with van der Waals surface area (Å²) in [5, 5.41) is 0.471. The fourth-order valence-electron chi connectivity index (χ4n) is 1.19. The van der Waals surface area contributed by atoms with E-state index in [1.54, 1.807) is 19.2 Å². The van der Waals surface area contributed by atoms with E-state index in [0.717, 1.165) is 5.56 Å². The monoisotopic (exact) mass is 198 g/mol. The van der Waals surface area contributed by atoms with E-state index in [9.17, 15) is 4.79 Å². The highest BCUT2D eigenvalue weighted by molar-refractivity contribution is 6.32. The molecular formula is C10H11ClO2. The molecule has 1 aromatic carbocycles. The molecule has 0 saturated carbocycles. The van der Waals surface area contributed by atoms with Crippen molar-refractivity contribution >= 4 is 17.4 Å². The highest BCUT2D eigenvalue weighted by Crippen LogP contribution is 2.27. The van der Waals surface area contributed by atoms with Crippen LogP contribution >= 0.6 is 11.6 Å². The molecule has 0 spiro atoms. The largest absolute Gasteiger partial charge is 0.495 e. The van der Waals surface area contributed by atoms with E-state index < -0.39 is 0 Å². The predicted octanol–water partition coefficient (Wildman–Crippen LogP) is 2.86. The van der Waals surface area contributed by atoms with Crippen LogP contribution in [-0.4, -0.2) is 12.9 Å². The van der Waals surface area contributed by atoms with Crippen molar-refractivity contribution in [3.05, 3.63) is 28.3 Å². The third-order valence-corrected chi connectivity index (χ3v) is 2.17. The molecule has 0 amide bonds. The molecule has 0 aliphatic heterocycles. The molecule has 0 fully saturated rings. The van der Waals surface area contributed by atoms with E-state index >= 15 is 0 Å². The summed E-state index contributed by atoms with van der Waals surface area (Å²) in [4.78, 5) is 11.1. The summed E-state index contributed by atoms with van der Waals surface area (Å²) in [5.41, 5.74) is 1.53. The maximum Gasteiger partial charge on any atom is 0.160 e. The second kappa shape index (κ2) is 3.79. The van der Waals surface area contributed by atoms with Crippen LogP contribution in [0.25, 0.3) is 0 Å². The Hall–Kier alpha value is -1.02. The number of Topliss-reactive ketones (excluding diaryl/α,β-unsaturated/α-hetero) is 1. The number of hydrogen-bond acceptors (Lipinski definition) is 2. The van der Waals surface area contributed by atoms with Gasteiger partial charge in [0, 0.05) is 5.56 Å². The first kappa shape index (κ1) is 10.1. The summed E-state index contributed by atoms with van der Waals surface area (Å²) in [6, 6.07) is 3.40. The topological polar surface area (TPSA) is 26.3 Å². The van der Waals surface area contributed by atoms with Gasteiger partial charge >= 0.3 is 0 Å². The van der Waals surface area contributed by atoms with E-state index in [0.29, 0.717) is 16.3 Å². The van der Waals surface area contributed by atoms with Crippen LogP contribution in [0.2, 0.25) is 5.02 Å². The molecule has 1 aromatic rings. The van der Waals surface area contributed by atoms with Gasteiger partial charge in [-0.2, -0.15) is 0 Å². The predicted molar refractivity (Wildman–Crippen MR) is 52.7 cm³/mol. The number of carbonyl (C=O) groups is 1. The number of aryl methyl sites for hydroxylation is 1. The zero-order valence-electron chi connectivity index (χ0n) is 7.85. The lowest BCUT2D eigenvalue weighted by atomic mass is 10.1. The van der Waals surface area contributed by atoms with Crippen LogP contribution in [0.5, 0.6) is 5.75 Å². The van der Waals surface area contributed by atoms with Crippen molar-refractivity contribution in [3.63, 3.8) is 0 Å². The molecule has 0 aliphatic rings. The van der Waals surface area contributed by atoms with E-state index in [2.05, 4.69) is 0 Å². The van der Waals surface area contributed by atoms with E-state index in [1.165, 1.54) is 6.92 Å². The quantitative estimate of drug-likeness (QED) is 0.684. The Morgan fingerprint density at radius 2 is 2.08 bits per heavy atom. The second-order valence-corrected chi connectivity index (χ2v) is 3.27. The maximum atomic E-state index is 11.1. The molecule has 13 heavy (non-hydrogen) atoms. The molecule has 3 heteroatoms. The number of methoxy groups -OCH3 is 1. The normalized spacial score (nSPS) is 9.85. The molecule has 2 nitrogen and oxygen atoms in total. The Bertz CT molecular complexity index is 345. The second-order valence-electron chi connectivity index (χ2n) is 2.86. The Kier molecular flexibility index (Phi) is 2.94. The van der Waals surface area contributed by atoms with Gasteiger partial charge in [0.1, 0.15) is 5.75 Å². The Morgan fingerprint density at radius 3 is 2.54 bits per heavy atom. The van der Waals surface area contributed by atoms with E-state index in [-0.39, 0.29) is 5.78 Å². The number of carbonyl (C=O) groups excluding carboxylic acids is 1. The zero-order chi connectivity index (χ0) is 10.0. The van der Waals surface area contributed by atoms with Gasteiger partial charge in [0.25, 0.3) is 0 Å². The maximum absolute atomic E-state index is 11.1. The first-order chi connectivity index (χ1) is 6.06. The lowest BCUT2D eigenvalue weighted by Crippen LogP contribution is -1.97. The first-order valence-electron chi connectivity index (χ1n) is 3.91. The summed E-state index contributed by atoms with van der Waals surface area (Å²) in [6.45, 7) is 3.38. The minimum absolute atomic E-state index is 0.0158. The minimum atomic E-state index is 0.0158.